The first-order valence-corrected chi connectivity index (χ1v) is 6.05. The molecule has 0 amide bonds. The van der Waals surface area contributed by atoms with Crippen LogP contribution < -0.4 is 0 Å². The Hall–Kier alpha value is -2.49. The van der Waals surface area contributed by atoms with Gasteiger partial charge >= 0.3 is 0 Å². The van der Waals surface area contributed by atoms with Gasteiger partial charge in [-0.3, -0.25) is 4.98 Å². The Balaban J connectivity index is 1.99. The molecule has 0 aliphatic carbocycles. The number of hydrogen-bond donors (Lipinski definition) is 0. The molecule has 0 aliphatic rings. The lowest BCUT2D eigenvalue weighted by Crippen LogP contribution is -1.83. The van der Waals surface area contributed by atoms with E-state index in [-0.39, 0.29) is 0 Å². The summed E-state index contributed by atoms with van der Waals surface area (Å²) in [6.45, 7) is 4.14. The number of rotatable bonds is 2. The van der Waals surface area contributed by atoms with Crippen LogP contribution in [0.15, 0.2) is 47.1 Å². The van der Waals surface area contributed by atoms with Gasteiger partial charge in [-0.05, 0) is 49.2 Å². The average Bonchev–Trinajstić information content (AvgIpc) is 2.93. The second-order valence-electron chi connectivity index (χ2n) is 4.45. The third-order valence-electron chi connectivity index (χ3n) is 3.09. The third-order valence-corrected chi connectivity index (χ3v) is 3.09. The highest BCUT2D eigenvalue weighted by Crippen LogP contribution is 2.24. The van der Waals surface area contributed by atoms with Crippen LogP contribution in [0.25, 0.3) is 22.9 Å². The Morgan fingerprint density at radius 2 is 1.68 bits per heavy atom. The second-order valence-corrected chi connectivity index (χ2v) is 4.45. The molecule has 3 rings (SSSR count). The fourth-order valence-corrected chi connectivity index (χ4v) is 1.82. The number of benzene rings is 1. The Morgan fingerprint density at radius 1 is 0.895 bits per heavy atom. The maximum atomic E-state index is 5.69. The minimum absolute atomic E-state index is 0.487. The maximum absolute atomic E-state index is 5.69. The van der Waals surface area contributed by atoms with E-state index < -0.39 is 0 Å². The molecular weight excluding hydrogens is 238 g/mol. The topological polar surface area (TPSA) is 51.8 Å². The van der Waals surface area contributed by atoms with E-state index in [0.29, 0.717) is 11.8 Å². The lowest BCUT2D eigenvalue weighted by molar-refractivity contribution is 0.584. The van der Waals surface area contributed by atoms with Gasteiger partial charge in [0.1, 0.15) is 0 Å². The molecule has 0 aliphatic heterocycles. The molecule has 0 saturated heterocycles. The fraction of sp³-hybridized carbons (Fsp3) is 0.133. The van der Waals surface area contributed by atoms with E-state index in [1.165, 1.54) is 11.1 Å². The number of nitrogens with zero attached hydrogens (tertiary/aromatic N) is 3. The van der Waals surface area contributed by atoms with Crippen LogP contribution in [-0.2, 0) is 0 Å². The summed E-state index contributed by atoms with van der Waals surface area (Å²) in [6.07, 6.45) is 3.42. The van der Waals surface area contributed by atoms with Gasteiger partial charge in [0.05, 0.1) is 5.56 Å². The minimum atomic E-state index is 0.487. The van der Waals surface area contributed by atoms with Crippen molar-refractivity contribution < 1.29 is 4.42 Å². The van der Waals surface area contributed by atoms with Crippen molar-refractivity contribution in [3.8, 4) is 22.9 Å². The molecule has 19 heavy (non-hydrogen) atoms. The average molecular weight is 251 g/mol. The molecule has 4 nitrogen and oxygen atoms in total. The molecule has 0 bridgehead atoms. The number of aromatic nitrogens is 3. The molecular formula is C15H13N3O. The summed E-state index contributed by atoms with van der Waals surface area (Å²) in [5, 5.41) is 8.15. The lowest BCUT2D eigenvalue weighted by atomic mass is 10.1. The molecule has 2 heterocycles. The highest BCUT2D eigenvalue weighted by Gasteiger charge is 2.10. The minimum Gasteiger partial charge on any atom is -0.416 e. The van der Waals surface area contributed by atoms with Crippen molar-refractivity contribution in [1.82, 2.24) is 15.2 Å². The zero-order valence-electron chi connectivity index (χ0n) is 10.8. The Kier molecular flexibility index (Phi) is 2.83. The lowest BCUT2D eigenvalue weighted by Gasteiger charge is -2.00. The van der Waals surface area contributed by atoms with Gasteiger partial charge in [-0.15, -0.1) is 10.2 Å². The zero-order valence-corrected chi connectivity index (χ0v) is 10.8. The zero-order chi connectivity index (χ0) is 13.2. The van der Waals surface area contributed by atoms with Crippen molar-refractivity contribution in [2.75, 3.05) is 0 Å². The molecule has 94 valence electrons. The Labute approximate surface area is 111 Å². The summed E-state index contributed by atoms with van der Waals surface area (Å²) in [7, 11) is 0. The van der Waals surface area contributed by atoms with Crippen LogP contribution in [-0.4, -0.2) is 15.2 Å². The van der Waals surface area contributed by atoms with Gasteiger partial charge in [0, 0.05) is 18.0 Å². The van der Waals surface area contributed by atoms with E-state index in [9.17, 15) is 0 Å². The van der Waals surface area contributed by atoms with E-state index in [0.717, 1.165) is 11.1 Å². The van der Waals surface area contributed by atoms with Crippen LogP contribution in [0.3, 0.4) is 0 Å². The largest absolute Gasteiger partial charge is 0.416 e. The predicted octanol–water partition coefficient (Wildman–Crippen LogP) is 3.42. The molecule has 0 atom stereocenters. The molecule has 0 fully saturated rings. The van der Waals surface area contributed by atoms with Crippen molar-refractivity contribution >= 4 is 0 Å². The van der Waals surface area contributed by atoms with E-state index in [2.05, 4.69) is 41.2 Å². The fourth-order valence-electron chi connectivity index (χ4n) is 1.82. The van der Waals surface area contributed by atoms with Gasteiger partial charge in [0.25, 0.3) is 0 Å². The third kappa shape index (κ3) is 2.25. The van der Waals surface area contributed by atoms with Crippen LogP contribution in [0.2, 0.25) is 0 Å². The molecule has 0 N–H and O–H groups in total. The first kappa shape index (κ1) is 11.6. The van der Waals surface area contributed by atoms with Gasteiger partial charge in [0.15, 0.2) is 0 Å². The van der Waals surface area contributed by atoms with Crippen LogP contribution >= 0.6 is 0 Å². The molecule has 0 saturated carbocycles. The number of pyridine rings is 1. The van der Waals surface area contributed by atoms with Gasteiger partial charge in [-0.1, -0.05) is 6.07 Å². The highest BCUT2D eigenvalue weighted by molar-refractivity contribution is 5.58. The molecule has 0 spiro atoms. The van der Waals surface area contributed by atoms with Crippen LogP contribution in [0.5, 0.6) is 0 Å². The summed E-state index contributed by atoms with van der Waals surface area (Å²) in [4.78, 5) is 4.04. The van der Waals surface area contributed by atoms with Crippen molar-refractivity contribution in [2.45, 2.75) is 13.8 Å². The van der Waals surface area contributed by atoms with Crippen LogP contribution in [0, 0.1) is 13.8 Å². The first-order valence-electron chi connectivity index (χ1n) is 6.05. The monoisotopic (exact) mass is 251 g/mol. The van der Waals surface area contributed by atoms with E-state index >= 15 is 0 Å². The molecule has 0 unspecified atom stereocenters. The molecule has 2 aromatic heterocycles. The summed E-state index contributed by atoms with van der Waals surface area (Å²) >= 11 is 0. The predicted molar refractivity (Wildman–Crippen MR) is 72.4 cm³/mol. The smallest absolute Gasteiger partial charge is 0.249 e. The quantitative estimate of drug-likeness (QED) is 0.700. The standard InChI is InChI=1S/C15H13N3O/c1-10-5-6-12(8-11(10)2)14-17-18-15(19-14)13-4-3-7-16-9-13/h3-9H,1-2H3. The second kappa shape index (κ2) is 4.65. The summed E-state index contributed by atoms with van der Waals surface area (Å²) < 4.78 is 5.69. The van der Waals surface area contributed by atoms with Crippen LogP contribution in [0.4, 0.5) is 0 Å². The first-order chi connectivity index (χ1) is 9.24. The maximum Gasteiger partial charge on any atom is 0.249 e. The van der Waals surface area contributed by atoms with Gasteiger partial charge in [-0.2, -0.15) is 0 Å². The Morgan fingerprint density at radius 3 is 2.37 bits per heavy atom. The summed E-state index contributed by atoms with van der Waals surface area (Å²) in [6, 6.07) is 9.83. The van der Waals surface area contributed by atoms with E-state index in [1.807, 2.05) is 18.2 Å². The van der Waals surface area contributed by atoms with E-state index in [1.54, 1.807) is 12.4 Å². The Bertz CT molecular complexity index is 704. The van der Waals surface area contributed by atoms with Gasteiger partial charge in [-0.25, -0.2) is 0 Å². The SMILES string of the molecule is Cc1ccc(-c2nnc(-c3cccnc3)o2)cc1C. The number of aryl methyl sites for hydroxylation is 2. The van der Waals surface area contributed by atoms with Gasteiger partial charge in [0.2, 0.25) is 11.8 Å². The van der Waals surface area contributed by atoms with Gasteiger partial charge < -0.3 is 4.42 Å². The molecule has 1 aromatic carbocycles. The molecule has 3 aromatic rings. The number of hydrogen-bond acceptors (Lipinski definition) is 4. The van der Waals surface area contributed by atoms with Crippen molar-refractivity contribution in [3.63, 3.8) is 0 Å². The van der Waals surface area contributed by atoms with Crippen molar-refractivity contribution in [2.24, 2.45) is 0 Å². The van der Waals surface area contributed by atoms with E-state index in [4.69, 9.17) is 4.42 Å². The highest BCUT2D eigenvalue weighted by atomic mass is 16.4. The normalized spacial score (nSPS) is 10.6. The van der Waals surface area contributed by atoms with Crippen molar-refractivity contribution in [3.05, 3.63) is 53.9 Å². The van der Waals surface area contributed by atoms with Crippen molar-refractivity contribution in [1.29, 1.82) is 0 Å². The molecule has 4 heteroatoms. The summed E-state index contributed by atoms with van der Waals surface area (Å²) in [5.41, 5.74) is 4.21. The summed E-state index contributed by atoms with van der Waals surface area (Å²) in [5.74, 6) is 1.02. The van der Waals surface area contributed by atoms with Crippen LogP contribution in [0.1, 0.15) is 11.1 Å². The molecule has 0 radical (unpaired) electrons.